The number of allylic oxidation sites excluding steroid dienone is 1. The number of piperidine rings is 1. The second kappa shape index (κ2) is 6.84. The van der Waals surface area contributed by atoms with E-state index in [4.69, 9.17) is 0 Å². The summed E-state index contributed by atoms with van der Waals surface area (Å²) in [6.07, 6.45) is 4.68. The van der Waals surface area contributed by atoms with Gasteiger partial charge in [0.1, 0.15) is 6.07 Å². The second-order valence-electron chi connectivity index (χ2n) is 5.64. The van der Waals surface area contributed by atoms with Gasteiger partial charge in [-0.1, -0.05) is 15.9 Å². The Bertz CT molecular complexity index is 695. The number of hydrogen-bond acceptors (Lipinski definition) is 4. The lowest BCUT2D eigenvalue weighted by Crippen LogP contribution is -2.40. The predicted molar refractivity (Wildman–Crippen MR) is 89.6 cm³/mol. The van der Waals surface area contributed by atoms with Gasteiger partial charge in [0.25, 0.3) is 0 Å². The van der Waals surface area contributed by atoms with Gasteiger partial charge in [-0.25, -0.2) is 8.42 Å². The summed E-state index contributed by atoms with van der Waals surface area (Å²) in [7, 11) is -3.78. The van der Waals surface area contributed by atoms with Gasteiger partial charge in [0.2, 0.25) is 9.84 Å². The van der Waals surface area contributed by atoms with Gasteiger partial charge < -0.3 is 4.90 Å². The zero-order valence-corrected chi connectivity index (χ0v) is 15.1. The molecule has 2 rings (SSSR count). The third-order valence-electron chi connectivity index (χ3n) is 4.05. The van der Waals surface area contributed by atoms with Gasteiger partial charge in [0, 0.05) is 22.8 Å². The molecule has 0 aromatic heterocycles. The lowest BCUT2D eigenvalue weighted by atomic mass is 9.98. The molecule has 0 radical (unpaired) electrons. The zero-order valence-electron chi connectivity index (χ0n) is 12.7. The van der Waals surface area contributed by atoms with E-state index in [1.165, 1.54) is 18.3 Å². The number of nitrogens with zero attached hydrogens (tertiary/aromatic N) is 2. The van der Waals surface area contributed by atoms with Crippen LogP contribution in [0.2, 0.25) is 0 Å². The fourth-order valence-corrected chi connectivity index (χ4v) is 4.12. The quantitative estimate of drug-likeness (QED) is 0.744. The van der Waals surface area contributed by atoms with Gasteiger partial charge >= 0.3 is 0 Å². The van der Waals surface area contributed by atoms with Crippen LogP contribution in [0.5, 0.6) is 0 Å². The number of benzene rings is 1. The molecule has 0 N–H and O–H groups in total. The molecule has 0 amide bonds. The Morgan fingerprint density at radius 2 is 1.82 bits per heavy atom. The van der Waals surface area contributed by atoms with E-state index in [-0.39, 0.29) is 21.9 Å². The Kier molecular flexibility index (Phi) is 5.30. The molecule has 118 valence electrons. The predicted octanol–water partition coefficient (Wildman–Crippen LogP) is 3.85. The highest BCUT2D eigenvalue weighted by atomic mass is 79.9. The summed E-state index contributed by atoms with van der Waals surface area (Å²) < 4.78 is 26.1. The molecule has 1 heterocycles. The van der Waals surface area contributed by atoms with Crippen LogP contribution in [0.3, 0.4) is 0 Å². The van der Waals surface area contributed by atoms with Crippen molar-refractivity contribution in [3.63, 3.8) is 0 Å². The van der Waals surface area contributed by atoms with E-state index in [1.54, 1.807) is 12.1 Å². The monoisotopic (exact) mass is 382 g/mol. The molecule has 0 aliphatic carbocycles. The van der Waals surface area contributed by atoms with Crippen molar-refractivity contribution < 1.29 is 8.42 Å². The summed E-state index contributed by atoms with van der Waals surface area (Å²) in [4.78, 5) is 1.94. The maximum atomic E-state index is 12.6. The van der Waals surface area contributed by atoms with Crippen molar-refractivity contribution in [1.82, 2.24) is 4.90 Å². The van der Waals surface area contributed by atoms with Gasteiger partial charge in [0.15, 0.2) is 4.91 Å². The first-order chi connectivity index (χ1) is 10.4. The maximum Gasteiger partial charge on any atom is 0.218 e. The Morgan fingerprint density at radius 1 is 1.27 bits per heavy atom. The number of halogens is 1. The molecular formula is C16H19BrN2O2S. The van der Waals surface area contributed by atoms with E-state index in [9.17, 15) is 13.7 Å². The van der Waals surface area contributed by atoms with Crippen molar-refractivity contribution >= 4 is 25.8 Å². The van der Waals surface area contributed by atoms with Crippen molar-refractivity contribution in [2.75, 3.05) is 0 Å². The van der Waals surface area contributed by atoms with Crippen LogP contribution in [0, 0.1) is 11.3 Å². The fourth-order valence-electron chi connectivity index (χ4n) is 2.73. The molecule has 0 bridgehead atoms. The Hall–Kier alpha value is -1.32. The molecule has 2 atom stereocenters. The van der Waals surface area contributed by atoms with Gasteiger partial charge in [-0.2, -0.15) is 5.26 Å². The van der Waals surface area contributed by atoms with E-state index in [0.29, 0.717) is 0 Å². The third-order valence-corrected chi connectivity index (χ3v) is 6.25. The van der Waals surface area contributed by atoms with Gasteiger partial charge in [-0.15, -0.1) is 0 Å². The number of nitriles is 1. The SMILES string of the molecule is CC1CCCC(C)N1C=C(C#N)S(=O)(=O)c1ccc(Br)cc1. The topological polar surface area (TPSA) is 61.2 Å². The molecule has 1 saturated heterocycles. The van der Waals surface area contributed by atoms with Crippen LogP contribution >= 0.6 is 15.9 Å². The summed E-state index contributed by atoms with van der Waals surface area (Å²) in [5, 5.41) is 9.35. The zero-order chi connectivity index (χ0) is 16.3. The second-order valence-corrected chi connectivity index (χ2v) is 8.47. The molecule has 1 aliphatic rings. The van der Waals surface area contributed by atoms with Crippen molar-refractivity contribution in [2.45, 2.75) is 50.1 Å². The minimum Gasteiger partial charge on any atom is -0.370 e. The van der Waals surface area contributed by atoms with Crippen LogP contribution in [-0.4, -0.2) is 25.4 Å². The molecule has 22 heavy (non-hydrogen) atoms. The largest absolute Gasteiger partial charge is 0.370 e. The minimum atomic E-state index is -3.78. The molecule has 6 heteroatoms. The molecule has 4 nitrogen and oxygen atoms in total. The number of hydrogen-bond donors (Lipinski definition) is 0. The first kappa shape index (κ1) is 17.0. The summed E-state index contributed by atoms with van der Waals surface area (Å²) in [6, 6.07) is 8.69. The highest BCUT2D eigenvalue weighted by Gasteiger charge is 2.27. The summed E-state index contributed by atoms with van der Waals surface area (Å²) in [5.41, 5.74) is 0. The first-order valence-electron chi connectivity index (χ1n) is 7.26. The van der Waals surface area contributed by atoms with Crippen molar-refractivity contribution in [3.8, 4) is 6.07 Å². The molecule has 2 unspecified atom stereocenters. The molecule has 1 aliphatic heterocycles. The van der Waals surface area contributed by atoms with E-state index in [2.05, 4.69) is 29.8 Å². The normalized spacial score (nSPS) is 23.2. The van der Waals surface area contributed by atoms with Crippen LogP contribution in [0.15, 0.2) is 44.7 Å². The number of rotatable bonds is 3. The summed E-state index contributed by atoms with van der Waals surface area (Å²) >= 11 is 3.28. The molecule has 0 spiro atoms. The minimum absolute atomic E-state index is 0.140. The standard InChI is InChI=1S/C16H19BrN2O2S/c1-12-4-3-5-13(2)19(12)11-16(10-18)22(20,21)15-8-6-14(17)7-9-15/h6-9,11-13H,3-5H2,1-2H3. The number of likely N-dealkylation sites (tertiary alicyclic amines) is 1. The lowest BCUT2D eigenvalue weighted by molar-refractivity contribution is 0.164. The highest BCUT2D eigenvalue weighted by Crippen LogP contribution is 2.26. The number of sulfone groups is 1. The van der Waals surface area contributed by atoms with Crippen molar-refractivity contribution in [3.05, 3.63) is 39.8 Å². The van der Waals surface area contributed by atoms with Crippen LogP contribution in [0.4, 0.5) is 0 Å². The lowest BCUT2D eigenvalue weighted by Gasteiger charge is -2.38. The van der Waals surface area contributed by atoms with E-state index in [1.807, 2.05) is 11.0 Å². The molecule has 1 aromatic carbocycles. The first-order valence-corrected chi connectivity index (χ1v) is 9.54. The molecule has 0 saturated carbocycles. The molecular weight excluding hydrogens is 364 g/mol. The average molecular weight is 383 g/mol. The molecule has 1 fully saturated rings. The Balaban J connectivity index is 2.40. The Labute approximate surface area is 140 Å². The molecule has 1 aromatic rings. The van der Waals surface area contributed by atoms with Crippen LogP contribution in [0.1, 0.15) is 33.1 Å². The van der Waals surface area contributed by atoms with Crippen molar-refractivity contribution in [1.29, 1.82) is 5.26 Å². The fraction of sp³-hybridized carbons (Fsp3) is 0.438. The smallest absolute Gasteiger partial charge is 0.218 e. The van der Waals surface area contributed by atoms with Crippen molar-refractivity contribution in [2.24, 2.45) is 0 Å². The van der Waals surface area contributed by atoms with E-state index < -0.39 is 9.84 Å². The highest BCUT2D eigenvalue weighted by molar-refractivity contribution is 9.10. The van der Waals surface area contributed by atoms with Gasteiger partial charge in [-0.05, 0) is 57.4 Å². The van der Waals surface area contributed by atoms with Crippen LogP contribution in [0.25, 0.3) is 0 Å². The third kappa shape index (κ3) is 3.53. The average Bonchev–Trinajstić information content (AvgIpc) is 2.47. The maximum absolute atomic E-state index is 12.6. The van der Waals surface area contributed by atoms with Crippen LogP contribution in [-0.2, 0) is 9.84 Å². The summed E-state index contributed by atoms with van der Waals surface area (Å²) in [5.74, 6) is 0. The van der Waals surface area contributed by atoms with E-state index in [0.717, 1.165) is 23.7 Å². The van der Waals surface area contributed by atoms with Crippen LogP contribution < -0.4 is 0 Å². The van der Waals surface area contributed by atoms with E-state index >= 15 is 0 Å². The van der Waals surface area contributed by atoms with Gasteiger partial charge in [0.05, 0.1) is 4.90 Å². The summed E-state index contributed by atoms with van der Waals surface area (Å²) in [6.45, 7) is 4.13. The Morgan fingerprint density at radius 3 is 2.32 bits per heavy atom. The van der Waals surface area contributed by atoms with Gasteiger partial charge in [-0.3, -0.25) is 0 Å².